The number of hydrogen-bond donors (Lipinski definition) is 2. The summed E-state index contributed by atoms with van der Waals surface area (Å²) in [5, 5.41) is 0. The lowest BCUT2D eigenvalue weighted by Gasteiger charge is -2.20. The van der Waals surface area contributed by atoms with Crippen LogP contribution in [0.5, 0.6) is 0 Å². The Labute approximate surface area is 125 Å². The van der Waals surface area contributed by atoms with Crippen molar-refractivity contribution in [2.45, 2.75) is 30.2 Å². The number of halogens is 3. The van der Waals surface area contributed by atoms with E-state index in [9.17, 15) is 21.6 Å². The van der Waals surface area contributed by atoms with E-state index < -0.39 is 38.4 Å². The molecule has 1 fully saturated rings. The van der Waals surface area contributed by atoms with Gasteiger partial charge in [0.05, 0.1) is 4.99 Å². The molecule has 1 aromatic carbocycles. The van der Waals surface area contributed by atoms with Gasteiger partial charge in [0.15, 0.2) is 4.90 Å². The van der Waals surface area contributed by atoms with Crippen molar-refractivity contribution in [3.8, 4) is 0 Å². The molecule has 1 aliphatic rings. The molecule has 3 N–H and O–H groups in total. The summed E-state index contributed by atoms with van der Waals surface area (Å²) in [6.07, 6.45) is 1.77. The van der Waals surface area contributed by atoms with Gasteiger partial charge in [-0.25, -0.2) is 26.3 Å². The standard InChI is InChI=1S/C12H13F3N2O2S2/c13-6-4-8(14)11(9(15)5-6)21(18,19)17-10-3-1-2-7(10)12(16)20/h4-5,7,10,17H,1-3H2,(H2,16,20). The van der Waals surface area contributed by atoms with E-state index in [4.69, 9.17) is 18.0 Å². The van der Waals surface area contributed by atoms with Crippen LogP contribution in [0.15, 0.2) is 17.0 Å². The zero-order chi connectivity index (χ0) is 15.8. The Hall–Kier alpha value is -1.19. The predicted molar refractivity (Wildman–Crippen MR) is 74.6 cm³/mol. The van der Waals surface area contributed by atoms with E-state index in [-0.39, 0.29) is 10.9 Å². The van der Waals surface area contributed by atoms with Crippen molar-refractivity contribution >= 4 is 27.2 Å². The zero-order valence-corrected chi connectivity index (χ0v) is 12.4. The highest BCUT2D eigenvalue weighted by molar-refractivity contribution is 7.89. The van der Waals surface area contributed by atoms with Crippen molar-refractivity contribution in [2.24, 2.45) is 11.7 Å². The smallest absolute Gasteiger partial charge is 0.246 e. The minimum Gasteiger partial charge on any atom is -0.393 e. The molecule has 9 heteroatoms. The van der Waals surface area contributed by atoms with Crippen LogP contribution in [-0.2, 0) is 10.0 Å². The van der Waals surface area contributed by atoms with Crippen molar-refractivity contribution < 1.29 is 21.6 Å². The first-order valence-corrected chi connectivity index (χ1v) is 8.07. The van der Waals surface area contributed by atoms with Gasteiger partial charge in [0.1, 0.15) is 17.5 Å². The van der Waals surface area contributed by atoms with E-state index in [1.54, 1.807) is 0 Å². The van der Waals surface area contributed by atoms with E-state index >= 15 is 0 Å². The summed E-state index contributed by atoms with van der Waals surface area (Å²) in [7, 11) is -4.47. The van der Waals surface area contributed by atoms with Gasteiger partial charge in [-0.15, -0.1) is 0 Å². The number of nitrogens with two attached hydrogens (primary N) is 1. The molecule has 1 aliphatic carbocycles. The fourth-order valence-electron chi connectivity index (χ4n) is 2.49. The van der Waals surface area contributed by atoms with Crippen LogP contribution in [0.3, 0.4) is 0 Å². The largest absolute Gasteiger partial charge is 0.393 e. The molecule has 0 amide bonds. The summed E-state index contributed by atoms with van der Waals surface area (Å²) in [5.41, 5.74) is 5.52. The lowest BCUT2D eigenvalue weighted by molar-refractivity contribution is 0.483. The number of benzene rings is 1. The zero-order valence-electron chi connectivity index (χ0n) is 10.8. The van der Waals surface area contributed by atoms with Gasteiger partial charge < -0.3 is 5.73 Å². The summed E-state index contributed by atoms with van der Waals surface area (Å²) in [5.74, 6) is -4.51. The number of hydrogen-bond acceptors (Lipinski definition) is 3. The normalized spacial score (nSPS) is 22.4. The fourth-order valence-corrected chi connectivity index (χ4v) is 4.20. The maximum atomic E-state index is 13.6. The molecule has 1 saturated carbocycles. The number of nitrogens with one attached hydrogen (secondary N) is 1. The molecule has 1 aromatic rings. The van der Waals surface area contributed by atoms with Gasteiger partial charge in [-0.1, -0.05) is 18.6 Å². The van der Waals surface area contributed by atoms with E-state index in [2.05, 4.69) is 4.72 Å². The lowest BCUT2D eigenvalue weighted by atomic mass is 10.1. The Morgan fingerprint density at radius 1 is 1.24 bits per heavy atom. The fraction of sp³-hybridized carbons (Fsp3) is 0.417. The first kappa shape index (κ1) is 16.2. The van der Waals surface area contributed by atoms with Gasteiger partial charge >= 0.3 is 0 Å². The van der Waals surface area contributed by atoms with Gasteiger partial charge in [0, 0.05) is 24.1 Å². The lowest BCUT2D eigenvalue weighted by Crippen LogP contribution is -2.42. The molecule has 2 unspecified atom stereocenters. The molecule has 0 heterocycles. The Kier molecular flexibility index (Phi) is 4.54. The third-order valence-electron chi connectivity index (χ3n) is 3.42. The maximum Gasteiger partial charge on any atom is 0.246 e. The summed E-state index contributed by atoms with van der Waals surface area (Å²) in [6, 6.07) is 0.0191. The van der Waals surface area contributed by atoms with E-state index in [0.717, 1.165) is 0 Å². The van der Waals surface area contributed by atoms with Crippen LogP contribution < -0.4 is 10.5 Å². The average molecular weight is 338 g/mol. The second-order valence-electron chi connectivity index (χ2n) is 4.87. The number of sulfonamides is 1. The Morgan fingerprint density at radius 3 is 2.33 bits per heavy atom. The molecule has 2 atom stereocenters. The summed E-state index contributed by atoms with van der Waals surface area (Å²) < 4.78 is 66.4. The highest BCUT2D eigenvalue weighted by atomic mass is 32.2. The van der Waals surface area contributed by atoms with Crippen molar-refractivity contribution in [3.63, 3.8) is 0 Å². The highest BCUT2D eigenvalue weighted by Gasteiger charge is 2.35. The third-order valence-corrected chi connectivity index (χ3v) is 5.26. The van der Waals surface area contributed by atoms with Gasteiger partial charge in [-0.05, 0) is 12.8 Å². The first-order chi connectivity index (χ1) is 9.72. The van der Waals surface area contributed by atoms with Gasteiger partial charge in [-0.2, -0.15) is 0 Å². The minimum atomic E-state index is -4.47. The predicted octanol–water partition coefficient (Wildman–Crippen LogP) is 1.84. The summed E-state index contributed by atoms with van der Waals surface area (Å²) in [4.78, 5) is -1.04. The van der Waals surface area contributed by atoms with Gasteiger partial charge in [-0.3, -0.25) is 0 Å². The summed E-state index contributed by atoms with van der Waals surface area (Å²) >= 11 is 4.85. The van der Waals surface area contributed by atoms with Crippen LogP contribution in [-0.4, -0.2) is 19.4 Å². The molecule has 116 valence electrons. The van der Waals surface area contributed by atoms with Crippen LogP contribution in [0.25, 0.3) is 0 Å². The van der Waals surface area contributed by atoms with E-state index in [1.165, 1.54) is 0 Å². The third kappa shape index (κ3) is 3.35. The molecule has 0 aromatic heterocycles. The second kappa shape index (κ2) is 5.90. The summed E-state index contributed by atoms with van der Waals surface area (Å²) in [6.45, 7) is 0. The minimum absolute atomic E-state index is 0.153. The molecule has 0 radical (unpaired) electrons. The second-order valence-corrected chi connectivity index (χ2v) is 6.99. The van der Waals surface area contributed by atoms with Crippen molar-refractivity contribution in [2.75, 3.05) is 0 Å². The Morgan fingerprint density at radius 2 is 1.81 bits per heavy atom. The Balaban J connectivity index is 2.33. The molecule has 0 aliphatic heterocycles. The molecule has 21 heavy (non-hydrogen) atoms. The van der Waals surface area contributed by atoms with Crippen LogP contribution >= 0.6 is 12.2 Å². The molecule has 0 spiro atoms. The molecular formula is C12H13F3N2O2S2. The van der Waals surface area contributed by atoms with E-state index in [0.29, 0.717) is 31.4 Å². The van der Waals surface area contributed by atoms with Crippen molar-refractivity contribution in [1.29, 1.82) is 0 Å². The van der Waals surface area contributed by atoms with Crippen molar-refractivity contribution in [3.05, 3.63) is 29.6 Å². The number of rotatable bonds is 4. The topological polar surface area (TPSA) is 72.2 Å². The van der Waals surface area contributed by atoms with Crippen molar-refractivity contribution in [1.82, 2.24) is 4.72 Å². The van der Waals surface area contributed by atoms with Gasteiger partial charge in [0.2, 0.25) is 10.0 Å². The average Bonchev–Trinajstić information content (AvgIpc) is 2.73. The van der Waals surface area contributed by atoms with Crippen LogP contribution in [0, 0.1) is 23.4 Å². The molecule has 2 rings (SSSR count). The Bertz CT molecular complexity index is 656. The maximum absolute atomic E-state index is 13.6. The van der Waals surface area contributed by atoms with Crippen LogP contribution in [0.1, 0.15) is 19.3 Å². The molecular weight excluding hydrogens is 325 g/mol. The highest BCUT2D eigenvalue weighted by Crippen LogP contribution is 2.28. The van der Waals surface area contributed by atoms with Crippen LogP contribution in [0.4, 0.5) is 13.2 Å². The monoisotopic (exact) mass is 338 g/mol. The SMILES string of the molecule is NC(=S)C1CCCC1NS(=O)(=O)c1c(F)cc(F)cc1F. The van der Waals surface area contributed by atoms with Gasteiger partial charge in [0.25, 0.3) is 0 Å². The molecule has 0 bridgehead atoms. The molecule has 4 nitrogen and oxygen atoms in total. The van der Waals surface area contributed by atoms with E-state index in [1.807, 2.05) is 0 Å². The molecule has 0 saturated heterocycles. The van der Waals surface area contributed by atoms with Crippen LogP contribution in [0.2, 0.25) is 0 Å². The first-order valence-electron chi connectivity index (χ1n) is 6.18. The number of thiocarbonyl (C=S) groups is 1. The quantitative estimate of drug-likeness (QED) is 0.822.